The standard InChI is InChI=1S/C69H120N8O16/c1-25-26-27-44(13)61(83)60-58(82)35-50(47(16)78)66(88)75(21)55(37-92-24)68(90)73(19)53(31-41(8)9)57(81)34-49(28-38(2)3)65(87)72(18)52(30-40(6)7)56(80)33-45(14)62(84)70-46(15)64(86)74(20)54(32-43(12)36-93-48(17)79)63(85)71-51(29-39(4)5)67(89)76(22)59(42(10)11)69(91)77(60)23/h25-26,38-47,49-55,59-61,78,83H,27-37H2,1-24H3,(H,70,84)(H,71,85)/b26-25+/t43-,44+,45+,46+,47+,49+,50-,51-,52-,53-,54-,55-,59-,60+,61+/m0/s1. The minimum absolute atomic E-state index is 0.0377. The summed E-state index contributed by atoms with van der Waals surface area (Å²) >= 11 is 0. The van der Waals surface area contributed by atoms with Crippen LogP contribution >= 0.6 is 0 Å². The number of nitrogens with one attached hydrogen (secondary N) is 2. The van der Waals surface area contributed by atoms with Crippen molar-refractivity contribution in [1.82, 2.24) is 40.0 Å². The number of aliphatic hydroxyl groups excluding tert-OH is 2. The van der Waals surface area contributed by atoms with Crippen molar-refractivity contribution in [3.8, 4) is 0 Å². The maximum atomic E-state index is 15.3. The summed E-state index contributed by atoms with van der Waals surface area (Å²) in [6.45, 7) is 28.3. The van der Waals surface area contributed by atoms with Gasteiger partial charge < -0.3 is 59.7 Å². The summed E-state index contributed by atoms with van der Waals surface area (Å²) in [5.41, 5.74) is 0. The molecule has 15 atom stereocenters. The van der Waals surface area contributed by atoms with Crippen LogP contribution in [0.3, 0.4) is 0 Å². The SMILES string of the molecule is C/C=C/C[C@@H](C)[C@@H](O)[C@H]1C(=O)C[C@@H]([C@@H](C)O)C(=O)N(C)[C@@H](COC)C(=O)N(C)[C@@H](CC(C)C)C(=O)C[C@@H](CC(C)C)C(=O)N(C)[C@@H](CC(C)C)C(=O)C[C@@H](C)C(=O)N[C@H](C)C(=O)N(C)[C@@H](C[C@H](C)COC(C)=O)C(=O)N[C@@H](CC(C)C)C(=O)N(C)[C@@H](C(C)C)C(=O)N1C. The second-order valence-electron chi connectivity index (χ2n) is 28.5. The molecule has 4 N–H and O–H groups in total. The molecule has 1 aliphatic heterocycles. The second kappa shape index (κ2) is 39.7. The normalized spacial score (nSPS) is 27.1. The van der Waals surface area contributed by atoms with E-state index in [0.717, 1.165) is 14.7 Å². The van der Waals surface area contributed by atoms with E-state index in [1.807, 2.05) is 55.4 Å². The van der Waals surface area contributed by atoms with E-state index < -0.39 is 180 Å². The van der Waals surface area contributed by atoms with Gasteiger partial charge in [-0.1, -0.05) is 102 Å². The van der Waals surface area contributed by atoms with Crippen molar-refractivity contribution in [1.29, 1.82) is 0 Å². The van der Waals surface area contributed by atoms with Gasteiger partial charge in [-0.25, -0.2) is 0 Å². The molecule has 0 aliphatic carbocycles. The molecule has 0 aromatic heterocycles. The van der Waals surface area contributed by atoms with Crippen LogP contribution < -0.4 is 10.6 Å². The van der Waals surface area contributed by atoms with Crippen molar-refractivity contribution in [2.75, 3.05) is 62.6 Å². The topological polar surface area (TPSA) is 307 Å². The monoisotopic (exact) mass is 1320 g/mol. The highest BCUT2D eigenvalue weighted by Crippen LogP contribution is 2.29. The van der Waals surface area contributed by atoms with E-state index in [1.54, 1.807) is 46.8 Å². The lowest BCUT2D eigenvalue weighted by atomic mass is 9.85. The van der Waals surface area contributed by atoms with Crippen LogP contribution in [0.25, 0.3) is 0 Å². The summed E-state index contributed by atoms with van der Waals surface area (Å²) < 4.78 is 10.8. The van der Waals surface area contributed by atoms with Gasteiger partial charge in [0.25, 0.3) is 0 Å². The average molecular weight is 1320 g/mol. The summed E-state index contributed by atoms with van der Waals surface area (Å²) in [6.07, 6.45) is -0.255. The molecule has 8 amide bonds. The van der Waals surface area contributed by atoms with Crippen LogP contribution in [0.5, 0.6) is 0 Å². The largest absolute Gasteiger partial charge is 0.466 e. The Morgan fingerprint density at radius 2 is 1.02 bits per heavy atom. The Morgan fingerprint density at radius 1 is 0.538 bits per heavy atom. The number of hydrogen-bond donors (Lipinski definition) is 4. The Hall–Kier alpha value is -6.14. The summed E-state index contributed by atoms with van der Waals surface area (Å²) in [4.78, 5) is 182. The van der Waals surface area contributed by atoms with Gasteiger partial charge in [0.15, 0.2) is 17.3 Å². The van der Waals surface area contributed by atoms with Gasteiger partial charge in [0.05, 0.1) is 43.4 Å². The van der Waals surface area contributed by atoms with E-state index in [1.165, 1.54) is 91.8 Å². The van der Waals surface area contributed by atoms with Gasteiger partial charge >= 0.3 is 5.97 Å². The number of carbonyl (C=O) groups excluding carboxylic acids is 12. The van der Waals surface area contributed by atoms with Gasteiger partial charge in [-0.05, 0) is 101 Å². The minimum Gasteiger partial charge on any atom is -0.466 e. The zero-order valence-electron chi connectivity index (χ0n) is 60.8. The van der Waals surface area contributed by atoms with Crippen LogP contribution in [-0.2, 0) is 67.0 Å². The number of hydrogen-bond acceptors (Lipinski definition) is 16. The number of methoxy groups -OCH3 is 1. The molecule has 24 nitrogen and oxygen atoms in total. The number of amides is 8. The number of carbonyl (C=O) groups is 12. The van der Waals surface area contributed by atoms with Gasteiger partial charge in [-0.3, -0.25) is 57.5 Å². The molecule has 1 rings (SSSR count). The maximum Gasteiger partial charge on any atom is 0.302 e. The zero-order valence-corrected chi connectivity index (χ0v) is 60.8. The molecule has 1 saturated heterocycles. The zero-order chi connectivity index (χ0) is 72.0. The summed E-state index contributed by atoms with van der Waals surface area (Å²) in [5, 5.41) is 29.3. The van der Waals surface area contributed by atoms with Gasteiger partial charge in [0.1, 0.15) is 36.3 Å². The van der Waals surface area contributed by atoms with Gasteiger partial charge in [0, 0.05) is 87.4 Å². The first kappa shape index (κ1) is 84.9. The Labute approximate surface area is 555 Å². The molecule has 0 bridgehead atoms. The van der Waals surface area contributed by atoms with E-state index in [2.05, 4.69) is 10.6 Å². The smallest absolute Gasteiger partial charge is 0.302 e. The molecule has 1 heterocycles. The van der Waals surface area contributed by atoms with E-state index in [9.17, 15) is 53.4 Å². The van der Waals surface area contributed by atoms with Crippen molar-refractivity contribution in [2.45, 2.75) is 236 Å². The molecular weight excluding hydrogens is 1200 g/mol. The molecule has 0 aromatic rings. The summed E-state index contributed by atoms with van der Waals surface area (Å²) in [7, 11) is 9.56. The number of rotatable bonds is 20. The number of likely N-dealkylation sites (N-methyl/N-ethyl adjacent to an activating group) is 6. The highest BCUT2D eigenvalue weighted by atomic mass is 16.5. The number of ketones is 3. The minimum atomic E-state index is -1.68. The number of Topliss-reactive ketones (excluding diaryl/α,β-unsaturated/α-hetero) is 3. The lowest BCUT2D eigenvalue weighted by Gasteiger charge is -2.40. The fourth-order valence-electron chi connectivity index (χ4n) is 12.3. The Kier molecular flexibility index (Phi) is 36.2. The molecule has 532 valence electrons. The van der Waals surface area contributed by atoms with Crippen LogP contribution in [0.1, 0.15) is 175 Å². The van der Waals surface area contributed by atoms with Gasteiger partial charge in [0.2, 0.25) is 47.3 Å². The third-order valence-corrected chi connectivity index (χ3v) is 17.8. The van der Waals surface area contributed by atoms with Crippen molar-refractivity contribution >= 4 is 70.6 Å². The van der Waals surface area contributed by atoms with Crippen LogP contribution in [0.2, 0.25) is 0 Å². The van der Waals surface area contributed by atoms with Crippen LogP contribution in [0, 0.1) is 59.2 Å². The number of esters is 1. The average Bonchev–Trinajstić information content (AvgIpc) is 0.818. The number of allylic oxidation sites excluding steroid dienone is 2. The molecule has 0 aromatic carbocycles. The number of aliphatic hydroxyl groups is 2. The highest BCUT2D eigenvalue weighted by molar-refractivity contribution is 6.00. The molecule has 24 heteroatoms. The summed E-state index contributed by atoms with van der Waals surface area (Å²) in [6, 6.07) is -10.6. The second-order valence-corrected chi connectivity index (χ2v) is 28.5. The Morgan fingerprint density at radius 3 is 1.49 bits per heavy atom. The van der Waals surface area contributed by atoms with Gasteiger partial charge in [-0.15, -0.1) is 0 Å². The van der Waals surface area contributed by atoms with Crippen molar-refractivity contribution in [3.63, 3.8) is 0 Å². The van der Waals surface area contributed by atoms with Crippen LogP contribution in [0.15, 0.2) is 12.2 Å². The predicted molar refractivity (Wildman–Crippen MR) is 355 cm³/mol. The fourth-order valence-corrected chi connectivity index (χ4v) is 12.3. The highest BCUT2D eigenvalue weighted by Gasteiger charge is 2.46. The molecular formula is C69H120N8O16. The first-order valence-corrected chi connectivity index (χ1v) is 33.4. The molecule has 0 saturated carbocycles. The molecule has 1 fully saturated rings. The molecule has 1 aliphatic rings. The lowest BCUT2D eigenvalue weighted by molar-refractivity contribution is -0.156. The molecule has 0 unspecified atom stereocenters. The van der Waals surface area contributed by atoms with Crippen molar-refractivity contribution < 1.29 is 77.2 Å². The first-order chi connectivity index (χ1) is 43.0. The molecule has 0 radical (unpaired) electrons. The van der Waals surface area contributed by atoms with E-state index >= 15 is 14.4 Å². The van der Waals surface area contributed by atoms with Crippen LogP contribution in [0.4, 0.5) is 0 Å². The first-order valence-electron chi connectivity index (χ1n) is 33.4. The van der Waals surface area contributed by atoms with E-state index in [0.29, 0.717) is 0 Å². The lowest BCUT2D eigenvalue weighted by Crippen LogP contribution is -2.62. The molecule has 93 heavy (non-hydrogen) atoms. The maximum absolute atomic E-state index is 15.3. The Balaban J connectivity index is 4.53. The van der Waals surface area contributed by atoms with E-state index in [-0.39, 0.29) is 81.6 Å². The quantitative estimate of drug-likeness (QED) is 0.0908. The Bertz CT molecular complexity index is 2550. The number of ether oxygens (including phenoxy) is 2. The summed E-state index contributed by atoms with van der Waals surface area (Å²) in [5.74, 6) is -14.2. The van der Waals surface area contributed by atoms with Crippen molar-refractivity contribution in [2.24, 2.45) is 59.2 Å². The predicted octanol–water partition coefficient (Wildman–Crippen LogP) is 5.12. The number of nitrogens with zero attached hydrogens (tertiary/aromatic N) is 6. The van der Waals surface area contributed by atoms with Crippen molar-refractivity contribution in [3.05, 3.63) is 12.2 Å². The van der Waals surface area contributed by atoms with Crippen LogP contribution in [-0.4, -0.2) is 233 Å². The third-order valence-electron chi connectivity index (χ3n) is 17.8. The van der Waals surface area contributed by atoms with E-state index in [4.69, 9.17) is 9.47 Å². The third kappa shape index (κ3) is 25.5. The molecule has 0 spiro atoms. The van der Waals surface area contributed by atoms with Gasteiger partial charge in [-0.2, -0.15) is 0 Å². The fraction of sp³-hybridized carbons (Fsp3) is 0.797.